The SMILES string of the molecule is O=C1OC(=O)[C@@H]2C[C@H](Cl)C=C[C@H]12. The molecule has 1 aliphatic heterocycles. The van der Waals surface area contributed by atoms with Crippen molar-refractivity contribution >= 4 is 23.5 Å². The van der Waals surface area contributed by atoms with Gasteiger partial charge in [-0.1, -0.05) is 12.2 Å². The highest BCUT2D eigenvalue weighted by molar-refractivity contribution is 6.22. The lowest BCUT2D eigenvalue weighted by Crippen LogP contribution is -2.23. The first-order valence-electron chi connectivity index (χ1n) is 3.76. The molecule has 0 amide bonds. The Balaban J connectivity index is 2.29. The summed E-state index contributed by atoms with van der Waals surface area (Å²) in [6.45, 7) is 0. The summed E-state index contributed by atoms with van der Waals surface area (Å²) in [6.07, 6.45) is 3.91. The van der Waals surface area contributed by atoms with Crippen LogP contribution in [0.5, 0.6) is 0 Å². The van der Waals surface area contributed by atoms with Crippen LogP contribution < -0.4 is 0 Å². The Hall–Kier alpha value is -0.830. The molecule has 0 spiro atoms. The molecule has 0 radical (unpaired) electrons. The molecule has 0 bridgehead atoms. The van der Waals surface area contributed by atoms with E-state index >= 15 is 0 Å². The third kappa shape index (κ3) is 1.05. The Kier molecular flexibility index (Phi) is 1.68. The van der Waals surface area contributed by atoms with Gasteiger partial charge in [-0.3, -0.25) is 9.59 Å². The minimum Gasteiger partial charge on any atom is -0.392 e. The van der Waals surface area contributed by atoms with Gasteiger partial charge in [-0.15, -0.1) is 11.6 Å². The summed E-state index contributed by atoms with van der Waals surface area (Å²) in [6, 6.07) is 0. The van der Waals surface area contributed by atoms with Crippen molar-refractivity contribution in [3.05, 3.63) is 12.2 Å². The molecule has 3 nitrogen and oxygen atoms in total. The van der Waals surface area contributed by atoms with Crippen molar-refractivity contribution in [1.82, 2.24) is 0 Å². The van der Waals surface area contributed by atoms with Crippen molar-refractivity contribution in [2.24, 2.45) is 11.8 Å². The average molecular weight is 187 g/mol. The van der Waals surface area contributed by atoms with E-state index in [1.807, 2.05) is 0 Å². The molecule has 0 N–H and O–H groups in total. The number of hydrogen-bond donors (Lipinski definition) is 0. The van der Waals surface area contributed by atoms with Crippen LogP contribution in [0.3, 0.4) is 0 Å². The van der Waals surface area contributed by atoms with Crippen molar-refractivity contribution in [2.75, 3.05) is 0 Å². The second-order valence-corrected chi connectivity index (χ2v) is 3.57. The van der Waals surface area contributed by atoms with Crippen molar-refractivity contribution in [1.29, 1.82) is 0 Å². The van der Waals surface area contributed by atoms with Crippen LogP contribution in [0, 0.1) is 11.8 Å². The predicted molar refractivity (Wildman–Crippen MR) is 41.5 cm³/mol. The molecule has 12 heavy (non-hydrogen) atoms. The quantitative estimate of drug-likeness (QED) is 0.244. The molecule has 0 aromatic heterocycles. The normalized spacial score (nSPS) is 39.6. The van der Waals surface area contributed by atoms with Gasteiger partial charge < -0.3 is 4.74 Å². The summed E-state index contributed by atoms with van der Waals surface area (Å²) >= 11 is 5.79. The molecule has 3 atom stereocenters. The van der Waals surface area contributed by atoms with Gasteiger partial charge in [-0.25, -0.2) is 0 Å². The molecule has 1 saturated heterocycles. The summed E-state index contributed by atoms with van der Waals surface area (Å²) in [5, 5.41) is -0.148. The smallest absolute Gasteiger partial charge is 0.321 e. The van der Waals surface area contributed by atoms with Gasteiger partial charge in [0.15, 0.2) is 0 Å². The number of fused-ring (bicyclic) bond motifs is 1. The lowest BCUT2D eigenvalue weighted by Gasteiger charge is -2.16. The molecule has 0 aromatic carbocycles. The maximum Gasteiger partial charge on any atom is 0.321 e. The van der Waals surface area contributed by atoms with Gasteiger partial charge in [-0.2, -0.15) is 0 Å². The fourth-order valence-electron chi connectivity index (χ4n) is 1.57. The fraction of sp³-hybridized carbons (Fsp3) is 0.500. The van der Waals surface area contributed by atoms with Gasteiger partial charge in [0, 0.05) is 0 Å². The monoisotopic (exact) mass is 186 g/mol. The zero-order valence-electron chi connectivity index (χ0n) is 6.20. The first kappa shape index (κ1) is 7.80. The number of alkyl halides is 1. The van der Waals surface area contributed by atoms with Crippen LogP contribution in [-0.4, -0.2) is 17.3 Å². The third-order valence-electron chi connectivity index (χ3n) is 2.22. The highest BCUT2D eigenvalue weighted by Crippen LogP contribution is 2.34. The molecule has 0 unspecified atom stereocenters. The first-order chi connectivity index (χ1) is 5.68. The van der Waals surface area contributed by atoms with E-state index in [1.165, 1.54) is 0 Å². The largest absolute Gasteiger partial charge is 0.392 e. The maximum atomic E-state index is 11.0. The van der Waals surface area contributed by atoms with Crippen molar-refractivity contribution < 1.29 is 14.3 Å². The number of halogens is 1. The van der Waals surface area contributed by atoms with E-state index in [4.69, 9.17) is 11.6 Å². The molecule has 0 aromatic rings. The van der Waals surface area contributed by atoms with Crippen molar-refractivity contribution in [3.63, 3.8) is 0 Å². The molecule has 1 fully saturated rings. The van der Waals surface area contributed by atoms with Crippen LogP contribution in [0.15, 0.2) is 12.2 Å². The van der Waals surface area contributed by atoms with Crippen LogP contribution in [-0.2, 0) is 14.3 Å². The molecule has 2 aliphatic rings. The van der Waals surface area contributed by atoms with E-state index in [0.717, 1.165) is 0 Å². The van der Waals surface area contributed by atoms with Gasteiger partial charge in [0.25, 0.3) is 0 Å². The number of allylic oxidation sites excluding steroid dienone is 1. The van der Waals surface area contributed by atoms with Gasteiger partial charge >= 0.3 is 11.9 Å². The Morgan fingerprint density at radius 1 is 1.33 bits per heavy atom. The lowest BCUT2D eigenvalue weighted by molar-refractivity contribution is -0.153. The zero-order valence-corrected chi connectivity index (χ0v) is 6.95. The van der Waals surface area contributed by atoms with E-state index in [2.05, 4.69) is 4.74 Å². The first-order valence-corrected chi connectivity index (χ1v) is 4.20. The second-order valence-electron chi connectivity index (χ2n) is 3.01. The molecular weight excluding hydrogens is 180 g/mol. The third-order valence-corrected chi connectivity index (χ3v) is 2.54. The van der Waals surface area contributed by atoms with E-state index in [1.54, 1.807) is 12.2 Å². The number of carbonyl (C=O) groups is 2. The topological polar surface area (TPSA) is 43.4 Å². The Morgan fingerprint density at radius 3 is 2.83 bits per heavy atom. The standard InChI is InChI=1S/C8H7ClO3/c9-4-1-2-5-6(3-4)8(11)12-7(5)10/h1-2,4-6H,3H2/t4-,5+,6-/m1/s1. The van der Waals surface area contributed by atoms with E-state index in [-0.39, 0.29) is 17.2 Å². The van der Waals surface area contributed by atoms with Gasteiger partial charge in [0.05, 0.1) is 17.2 Å². The van der Waals surface area contributed by atoms with Crippen LogP contribution >= 0.6 is 11.6 Å². The van der Waals surface area contributed by atoms with Crippen LogP contribution in [0.25, 0.3) is 0 Å². The number of rotatable bonds is 0. The molecule has 1 aliphatic carbocycles. The van der Waals surface area contributed by atoms with Gasteiger partial charge in [0.2, 0.25) is 0 Å². The second kappa shape index (κ2) is 2.59. The minimum atomic E-state index is -0.440. The molecule has 1 heterocycles. The number of carbonyl (C=O) groups excluding carboxylic acids is 2. The molecule has 2 rings (SSSR count). The highest BCUT2D eigenvalue weighted by atomic mass is 35.5. The highest BCUT2D eigenvalue weighted by Gasteiger charge is 2.44. The summed E-state index contributed by atoms with van der Waals surface area (Å²) < 4.78 is 4.47. The minimum absolute atomic E-state index is 0.148. The summed E-state index contributed by atoms with van der Waals surface area (Å²) in [5.74, 6) is -1.60. The van der Waals surface area contributed by atoms with Crippen molar-refractivity contribution in [3.8, 4) is 0 Å². The maximum absolute atomic E-state index is 11.0. The van der Waals surface area contributed by atoms with E-state index in [9.17, 15) is 9.59 Å². The Morgan fingerprint density at radius 2 is 2.08 bits per heavy atom. The molecule has 64 valence electrons. The lowest BCUT2D eigenvalue weighted by atomic mass is 9.86. The average Bonchev–Trinajstić information content (AvgIpc) is 2.28. The Labute approximate surface area is 74.3 Å². The Bertz CT molecular complexity index is 271. The van der Waals surface area contributed by atoms with E-state index < -0.39 is 11.9 Å². The summed E-state index contributed by atoms with van der Waals surface area (Å²) in [5.41, 5.74) is 0. The predicted octanol–water partition coefficient (Wildman–Crippen LogP) is 0.869. The van der Waals surface area contributed by atoms with Gasteiger partial charge in [-0.05, 0) is 6.42 Å². The number of hydrogen-bond acceptors (Lipinski definition) is 3. The number of cyclic esters (lactones) is 2. The van der Waals surface area contributed by atoms with Crippen LogP contribution in [0.4, 0.5) is 0 Å². The van der Waals surface area contributed by atoms with Crippen LogP contribution in [0.1, 0.15) is 6.42 Å². The van der Waals surface area contributed by atoms with E-state index in [0.29, 0.717) is 6.42 Å². The molecule has 4 heteroatoms. The zero-order chi connectivity index (χ0) is 8.72. The van der Waals surface area contributed by atoms with Crippen LogP contribution in [0.2, 0.25) is 0 Å². The number of esters is 2. The number of ether oxygens (including phenoxy) is 1. The summed E-state index contributed by atoms with van der Waals surface area (Å²) in [7, 11) is 0. The van der Waals surface area contributed by atoms with Gasteiger partial charge in [0.1, 0.15) is 0 Å². The van der Waals surface area contributed by atoms with Crippen molar-refractivity contribution in [2.45, 2.75) is 11.8 Å². The molecular formula is C8H7ClO3. The fourth-order valence-corrected chi connectivity index (χ4v) is 1.85. The molecule has 0 saturated carbocycles. The summed E-state index contributed by atoms with van der Waals surface area (Å²) in [4.78, 5) is 22.0.